The lowest BCUT2D eigenvalue weighted by Crippen LogP contribution is -2.37. The third-order valence-electron chi connectivity index (χ3n) is 4.04. The number of rotatable bonds is 6. The Morgan fingerprint density at radius 2 is 2.11 bits per heavy atom. The Labute approximate surface area is 160 Å². The van der Waals surface area contributed by atoms with E-state index in [0.717, 1.165) is 10.9 Å². The summed E-state index contributed by atoms with van der Waals surface area (Å²) >= 11 is 1.25. The highest BCUT2D eigenvalue weighted by Gasteiger charge is 2.22. The van der Waals surface area contributed by atoms with Gasteiger partial charge in [-0.3, -0.25) is 4.79 Å². The van der Waals surface area contributed by atoms with Gasteiger partial charge in [0.1, 0.15) is 33.2 Å². The van der Waals surface area contributed by atoms with Gasteiger partial charge in [-0.15, -0.1) is 11.3 Å². The van der Waals surface area contributed by atoms with Gasteiger partial charge in [-0.2, -0.15) is 0 Å². The fourth-order valence-electron chi connectivity index (χ4n) is 2.65. The number of nitrogens with zero attached hydrogens (tertiary/aromatic N) is 2. The molecule has 0 saturated heterocycles. The molecule has 1 amide bonds. The van der Waals surface area contributed by atoms with Gasteiger partial charge in [0, 0.05) is 0 Å². The van der Waals surface area contributed by atoms with E-state index in [2.05, 4.69) is 20.6 Å². The Morgan fingerprint density at radius 3 is 2.78 bits per heavy atom. The molecule has 27 heavy (non-hydrogen) atoms. The van der Waals surface area contributed by atoms with Crippen LogP contribution in [0.5, 0.6) is 0 Å². The van der Waals surface area contributed by atoms with E-state index in [1.54, 1.807) is 32.2 Å². The number of anilines is 1. The number of amides is 1. The van der Waals surface area contributed by atoms with Gasteiger partial charge in [-0.1, -0.05) is 0 Å². The van der Waals surface area contributed by atoms with E-state index in [1.807, 2.05) is 6.92 Å². The van der Waals surface area contributed by atoms with Crippen molar-refractivity contribution >= 4 is 39.2 Å². The first-order chi connectivity index (χ1) is 12.9. The number of hydrogen-bond acceptors (Lipinski definition) is 8. The summed E-state index contributed by atoms with van der Waals surface area (Å²) in [6.07, 6.45) is 1.56. The Bertz CT molecular complexity index is 981. The lowest BCUT2D eigenvalue weighted by Gasteiger charge is -2.15. The van der Waals surface area contributed by atoms with Crippen molar-refractivity contribution in [3.8, 4) is 0 Å². The molecule has 3 rings (SSSR count). The molecule has 0 aliphatic heterocycles. The maximum atomic E-state index is 12.4. The number of aryl methyl sites for hydroxylation is 2. The summed E-state index contributed by atoms with van der Waals surface area (Å²) in [5, 5.41) is 6.65. The van der Waals surface area contributed by atoms with Gasteiger partial charge in [0.25, 0.3) is 0 Å². The zero-order valence-electron chi connectivity index (χ0n) is 15.5. The van der Waals surface area contributed by atoms with Gasteiger partial charge in [-0.25, -0.2) is 14.8 Å². The Kier molecular flexibility index (Phi) is 5.41. The Morgan fingerprint density at radius 1 is 1.33 bits per heavy atom. The van der Waals surface area contributed by atoms with Gasteiger partial charge < -0.3 is 19.8 Å². The van der Waals surface area contributed by atoms with E-state index >= 15 is 0 Å². The van der Waals surface area contributed by atoms with Gasteiger partial charge in [0.15, 0.2) is 0 Å². The highest BCUT2D eigenvalue weighted by molar-refractivity contribution is 7.20. The van der Waals surface area contributed by atoms with Crippen LogP contribution in [0.4, 0.5) is 5.82 Å². The molecule has 3 aromatic heterocycles. The molecule has 2 N–H and O–H groups in total. The number of hydrogen-bond donors (Lipinski definition) is 2. The predicted molar refractivity (Wildman–Crippen MR) is 102 cm³/mol. The highest BCUT2D eigenvalue weighted by Crippen LogP contribution is 2.34. The van der Waals surface area contributed by atoms with Gasteiger partial charge in [0.05, 0.1) is 25.3 Å². The quantitative estimate of drug-likeness (QED) is 0.625. The zero-order chi connectivity index (χ0) is 19.6. The van der Waals surface area contributed by atoms with Crippen LogP contribution < -0.4 is 10.6 Å². The Balaban J connectivity index is 1.83. The van der Waals surface area contributed by atoms with Crippen molar-refractivity contribution < 1.29 is 18.7 Å². The molecule has 142 valence electrons. The summed E-state index contributed by atoms with van der Waals surface area (Å²) in [5.41, 5.74) is 0.729. The molecule has 0 saturated carbocycles. The molecule has 1 atom stereocenters. The molecule has 0 radical (unpaired) electrons. The summed E-state index contributed by atoms with van der Waals surface area (Å²) in [4.78, 5) is 34.3. The molecule has 0 aliphatic rings. The first-order valence-electron chi connectivity index (χ1n) is 8.33. The first-order valence-corrected chi connectivity index (χ1v) is 9.15. The molecule has 9 heteroatoms. The smallest absolute Gasteiger partial charge is 0.348 e. The summed E-state index contributed by atoms with van der Waals surface area (Å²) < 4.78 is 10.0. The number of methoxy groups -OCH3 is 1. The molecular formula is C18H20N4O4S. The topological polar surface area (TPSA) is 106 Å². The minimum Gasteiger partial charge on any atom is -0.467 e. The van der Waals surface area contributed by atoms with Crippen molar-refractivity contribution in [1.82, 2.24) is 15.3 Å². The summed E-state index contributed by atoms with van der Waals surface area (Å²) in [7, 11) is 1.34. The molecule has 3 aromatic rings. The van der Waals surface area contributed by atoms with E-state index in [0.29, 0.717) is 33.7 Å². The molecule has 0 aromatic carbocycles. The standard InChI is InChI=1S/C18H20N4O4S/c1-9-13-15(20-10(2)16(23)19-8-12-6-5-7-26-12)21-11(3)22-17(13)27-14(9)18(24)25-4/h5-7,10H,8H2,1-4H3,(H,19,23)(H,20,21,22). The summed E-state index contributed by atoms with van der Waals surface area (Å²) in [5.74, 6) is 1.13. The van der Waals surface area contributed by atoms with Crippen molar-refractivity contribution in [1.29, 1.82) is 0 Å². The normalized spacial score (nSPS) is 12.0. The van der Waals surface area contributed by atoms with Crippen molar-refractivity contribution in [2.45, 2.75) is 33.4 Å². The van der Waals surface area contributed by atoms with Crippen LogP contribution in [-0.4, -0.2) is 35.0 Å². The van der Waals surface area contributed by atoms with Crippen LogP contribution in [0.25, 0.3) is 10.2 Å². The summed E-state index contributed by atoms with van der Waals surface area (Å²) in [6.45, 7) is 5.62. The molecular weight excluding hydrogens is 368 g/mol. The number of esters is 1. The van der Waals surface area contributed by atoms with Crippen LogP contribution in [0.2, 0.25) is 0 Å². The van der Waals surface area contributed by atoms with Crippen molar-refractivity contribution in [2.24, 2.45) is 0 Å². The molecule has 0 fully saturated rings. The SMILES string of the molecule is COC(=O)c1sc2nc(C)nc(NC(C)C(=O)NCc3ccco3)c2c1C. The number of thiophene rings is 1. The van der Waals surface area contributed by atoms with E-state index < -0.39 is 12.0 Å². The molecule has 0 aliphatic carbocycles. The van der Waals surface area contributed by atoms with Crippen LogP contribution in [0.15, 0.2) is 22.8 Å². The lowest BCUT2D eigenvalue weighted by molar-refractivity contribution is -0.121. The minimum atomic E-state index is -0.543. The first kappa shape index (κ1) is 18.8. The molecule has 0 bridgehead atoms. The van der Waals surface area contributed by atoms with Crippen LogP contribution >= 0.6 is 11.3 Å². The van der Waals surface area contributed by atoms with Crippen molar-refractivity contribution in [3.63, 3.8) is 0 Å². The second kappa shape index (κ2) is 7.75. The summed E-state index contributed by atoms with van der Waals surface area (Å²) in [6, 6.07) is 3.01. The Hall–Kier alpha value is -2.94. The van der Waals surface area contributed by atoms with E-state index in [9.17, 15) is 9.59 Å². The van der Waals surface area contributed by atoms with E-state index in [4.69, 9.17) is 9.15 Å². The zero-order valence-corrected chi connectivity index (χ0v) is 16.3. The number of nitrogens with one attached hydrogen (secondary N) is 2. The van der Waals surface area contributed by atoms with Gasteiger partial charge in [0.2, 0.25) is 5.91 Å². The largest absolute Gasteiger partial charge is 0.467 e. The third kappa shape index (κ3) is 3.92. The minimum absolute atomic E-state index is 0.197. The molecule has 1 unspecified atom stereocenters. The number of carbonyl (C=O) groups excluding carboxylic acids is 2. The third-order valence-corrected chi connectivity index (χ3v) is 5.20. The maximum absolute atomic E-state index is 12.4. The number of furan rings is 1. The molecule has 3 heterocycles. The van der Waals surface area contributed by atoms with E-state index in [-0.39, 0.29) is 5.91 Å². The van der Waals surface area contributed by atoms with Crippen LogP contribution in [-0.2, 0) is 16.1 Å². The van der Waals surface area contributed by atoms with Crippen LogP contribution in [0, 0.1) is 13.8 Å². The van der Waals surface area contributed by atoms with Gasteiger partial charge in [-0.05, 0) is 38.5 Å². The fraction of sp³-hybridized carbons (Fsp3) is 0.333. The molecule has 8 nitrogen and oxygen atoms in total. The van der Waals surface area contributed by atoms with Crippen LogP contribution in [0.3, 0.4) is 0 Å². The number of carbonyl (C=O) groups is 2. The monoisotopic (exact) mass is 388 g/mol. The number of ether oxygens (including phenoxy) is 1. The van der Waals surface area contributed by atoms with E-state index in [1.165, 1.54) is 18.4 Å². The fourth-order valence-corrected chi connectivity index (χ4v) is 3.79. The average molecular weight is 388 g/mol. The average Bonchev–Trinajstić information content (AvgIpc) is 3.26. The number of aromatic nitrogens is 2. The second-order valence-electron chi connectivity index (χ2n) is 6.01. The maximum Gasteiger partial charge on any atom is 0.348 e. The highest BCUT2D eigenvalue weighted by atomic mass is 32.1. The van der Waals surface area contributed by atoms with Gasteiger partial charge >= 0.3 is 5.97 Å². The predicted octanol–water partition coefficient (Wildman–Crippen LogP) is 2.80. The molecule has 0 spiro atoms. The lowest BCUT2D eigenvalue weighted by atomic mass is 10.2. The number of fused-ring (bicyclic) bond motifs is 1. The van der Waals surface area contributed by atoms with Crippen molar-refractivity contribution in [3.05, 3.63) is 40.4 Å². The van der Waals surface area contributed by atoms with Crippen LogP contribution in [0.1, 0.15) is 33.7 Å². The second-order valence-corrected chi connectivity index (χ2v) is 7.01. The van der Waals surface area contributed by atoms with Crippen molar-refractivity contribution in [2.75, 3.05) is 12.4 Å².